The van der Waals surface area contributed by atoms with Gasteiger partial charge in [0.05, 0.1) is 47.3 Å². The highest BCUT2D eigenvalue weighted by Crippen LogP contribution is 2.42. The van der Waals surface area contributed by atoms with Gasteiger partial charge in [-0.05, 0) is 66.3 Å². The number of anilines is 1. The zero-order chi connectivity index (χ0) is 38.5. The fourth-order valence-corrected chi connectivity index (χ4v) is 6.01. The number of hydrogen-bond acceptors (Lipinski definition) is 13. The standard InChI is InChI=1S/C37H45FN4O11/c1-24(2)35-34(37(46)39-28-11-7-4-8-12-28)33(25-9-5-3-6-10-25)36(26-13-15-27(38)16-14-26)40(35)19-17-29(43)21-30(44)22-32(45)51-20-18-31(53-42(49)50)23-52-41(47)48/h3-16,24,29-31,43-44,47-50H,17-23H2,1-2H3,(H,39,46)/t29-,30-,31+/m1/s1. The van der Waals surface area contributed by atoms with Gasteiger partial charge in [-0.1, -0.05) is 62.4 Å². The second-order valence-electron chi connectivity index (χ2n) is 12.6. The number of carbonyl (C=O) groups is 2. The van der Waals surface area contributed by atoms with Crippen molar-refractivity contribution in [2.75, 3.05) is 18.5 Å². The first kappa shape index (κ1) is 41.2. The molecule has 4 aromatic rings. The summed E-state index contributed by atoms with van der Waals surface area (Å²) in [6.45, 7) is 3.25. The van der Waals surface area contributed by atoms with E-state index in [9.17, 15) is 24.2 Å². The molecule has 0 saturated heterocycles. The molecular formula is C37H45FN4O11. The van der Waals surface area contributed by atoms with Crippen LogP contribution in [0.1, 0.15) is 61.5 Å². The van der Waals surface area contributed by atoms with E-state index in [4.69, 9.17) is 25.6 Å². The molecule has 0 fully saturated rings. The molecule has 16 heteroatoms. The zero-order valence-electron chi connectivity index (χ0n) is 29.3. The fraction of sp³-hybridized carbons (Fsp3) is 0.351. The van der Waals surface area contributed by atoms with Crippen molar-refractivity contribution in [3.63, 3.8) is 0 Å². The molecule has 0 radical (unpaired) electrons. The van der Waals surface area contributed by atoms with Crippen LogP contribution in [0.2, 0.25) is 0 Å². The summed E-state index contributed by atoms with van der Waals surface area (Å²) < 4.78 is 21.2. The Balaban J connectivity index is 1.55. The molecule has 0 unspecified atom stereocenters. The van der Waals surface area contributed by atoms with Crippen molar-refractivity contribution in [3.05, 3.63) is 102 Å². The smallest absolute Gasteiger partial charge is 0.308 e. The molecule has 7 N–H and O–H groups in total. The number of nitrogens with one attached hydrogen (secondary N) is 1. The Kier molecular flexibility index (Phi) is 15.6. The summed E-state index contributed by atoms with van der Waals surface area (Å²) >= 11 is 0. The summed E-state index contributed by atoms with van der Waals surface area (Å²) in [6.07, 6.45) is -4.21. The number of halogens is 1. The van der Waals surface area contributed by atoms with Crippen LogP contribution in [0.5, 0.6) is 0 Å². The predicted molar refractivity (Wildman–Crippen MR) is 187 cm³/mol. The van der Waals surface area contributed by atoms with Gasteiger partial charge in [-0.15, -0.1) is 0 Å². The quantitative estimate of drug-likeness (QED) is 0.0439. The lowest BCUT2D eigenvalue weighted by Gasteiger charge is -2.20. The summed E-state index contributed by atoms with van der Waals surface area (Å²) in [5.74, 6) is -1.75. The Morgan fingerprint density at radius 2 is 1.47 bits per heavy atom. The number of aliphatic hydroxyl groups excluding tert-OH is 2. The molecule has 3 atom stereocenters. The normalized spacial score (nSPS) is 13.4. The van der Waals surface area contributed by atoms with Crippen LogP contribution in [-0.4, -0.2) is 89.8 Å². The minimum atomic E-state index is -1.28. The van der Waals surface area contributed by atoms with Crippen LogP contribution < -0.4 is 5.32 Å². The SMILES string of the molecule is CC(C)c1c(C(=O)Nc2ccccc2)c(-c2ccccc2)c(-c2ccc(F)cc2)n1CC[C@@H](O)C[C@@H](O)CC(=O)OCC[C@@H](CON(O)O)ON(O)O. The van der Waals surface area contributed by atoms with E-state index >= 15 is 0 Å². The molecule has 15 nitrogen and oxygen atoms in total. The maximum Gasteiger partial charge on any atom is 0.308 e. The lowest BCUT2D eigenvalue weighted by molar-refractivity contribution is -0.527. The highest BCUT2D eigenvalue weighted by molar-refractivity contribution is 6.12. The van der Waals surface area contributed by atoms with Crippen LogP contribution in [0.25, 0.3) is 22.4 Å². The van der Waals surface area contributed by atoms with Gasteiger partial charge in [0.15, 0.2) is 0 Å². The summed E-state index contributed by atoms with van der Waals surface area (Å²) in [5.41, 5.74) is 4.44. The number of para-hydroxylation sites is 1. The topological polar surface area (TPSA) is 207 Å². The number of ether oxygens (including phenoxy) is 1. The van der Waals surface area contributed by atoms with Crippen molar-refractivity contribution in [1.29, 1.82) is 0 Å². The average molecular weight is 741 g/mol. The third-order valence-electron chi connectivity index (χ3n) is 8.24. The molecule has 286 valence electrons. The number of hydrogen-bond donors (Lipinski definition) is 7. The largest absolute Gasteiger partial charge is 0.465 e. The monoisotopic (exact) mass is 740 g/mol. The molecule has 0 aliphatic rings. The average Bonchev–Trinajstić information content (AvgIpc) is 3.46. The van der Waals surface area contributed by atoms with E-state index in [-0.39, 0.29) is 44.2 Å². The van der Waals surface area contributed by atoms with E-state index in [2.05, 4.69) is 15.0 Å². The molecule has 4 rings (SSSR count). The summed E-state index contributed by atoms with van der Waals surface area (Å²) in [6, 6.07) is 24.4. The van der Waals surface area contributed by atoms with E-state index in [0.29, 0.717) is 33.8 Å². The Bertz CT molecular complexity index is 1740. The Labute approximate surface area is 305 Å². The predicted octanol–water partition coefficient (Wildman–Crippen LogP) is 5.55. The van der Waals surface area contributed by atoms with Gasteiger partial charge in [-0.2, -0.15) is 0 Å². The van der Waals surface area contributed by atoms with Gasteiger partial charge in [0, 0.05) is 29.9 Å². The third kappa shape index (κ3) is 12.2. The molecule has 3 aromatic carbocycles. The minimum absolute atomic E-state index is 0.118. The first-order chi connectivity index (χ1) is 25.3. The fourth-order valence-electron chi connectivity index (χ4n) is 6.01. The minimum Gasteiger partial charge on any atom is -0.465 e. The molecule has 0 aliphatic carbocycles. The van der Waals surface area contributed by atoms with Gasteiger partial charge in [0.1, 0.15) is 18.5 Å². The second-order valence-corrected chi connectivity index (χ2v) is 12.6. The van der Waals surface area contributed by atoms with Crippen LogP contribution in [0, 0.1) is 5.82 Å². The van der Waals surface area contributed by atoms with Crippen molar-refractivity contribution < 1.29 is 59.4 Å². The molecule has 0 spiro atoms. The van der Waals surface area contributed by atoms with Gasteiger partial charge in [0.2, 0.25) is 0 Å². The van der Waals surface area contributed by atoms with E-state index < -0.39 is 53.9 Å². The lowest BCUT2D eigenvalue weighted by atomic mass is 9.94. The van der Waals surface area contributed by atoms with Crippen molar-refractivity contribution in [3.8, 4) is 22.4 Å². The highest BCUT2D eigenvalue weighted by atomic mass is 19.1. The Morgan fingerprint density at radius 3 is 2.08 bits per heavy atom. The number of aromatic nitrogens is 1. The van der Waals surface area contributed by atoms with Gasteiger partial charge >= 0.3 is 5.97 Å². The van der Waals surface area contributed by atoms with Gasteiger partial charge < -0.3 is 24.8 Å². The number of amides is 1. The highest BCUT2D eigenvalue weighted by Gasteiger charge is 2.31. The van der Waals surface area contributed by atoms with Crippen molar-refractivity contribution in [2.45, 2.75) is 70.3 Å². The summed E-state index contributed by atoms with van der Waals surface area (Å²) in [5, 5.41) is 58.6. The zero-order valence-corrected chi connectivity index (χ0v) is 29.3. The summed E-state index contributed by atoms with van der Waals surface area (Å²) in [4.78, 5) is 35.6. The lowest BCUT2D eigenvalue weighted by Crippen LogP contribution is -2.32. The van der Waals surface area contributed by atoms with Crippen LogP contribution in [-0.2, 0) is 25.8 Å². The van der Waals surface area contributed by atoms with Crippen molar-refractivity contribution >= 4 is 17.6 Å². The Morgan fingerprint density at radius 1 is 0.830 bits per heavy atom. The van der Waals surface area contributed by atoms with Crippen molar-refractivity contribution in [1.82, 2.24) is 15.3 Å². The van der Waals surface area contributed by atoms with Crippen LogP contribution in [0.15, 0.2) is 84.9 Å². The number of esters is 1. The molecule has 1 amide bonds. The van der Waals surface area contributed by atoms with E-state index in [1.807, 2.05) is 66.9 Å². The molecule has 0 saturated carbocycles. The van der Waals surface area contributed by atoms with Crippen LogP contribution in [0.3, 0.4) is 0 Å². The first-order valence-electron chi connectivity index (χ1n) is 16.9. The third-order valence-corrected chi connectivity index (χ3v) is 8.24. The maximum atomic E-state index is 14.2. The molecule has 0 bridgehead atoms. The van der Waals surface area contributed by atoms with Crippen LogP contribution >= 0.6 is 0 Å². The van der Waals surface area contributed by atoms with E-state index in [1.54, 1.807) is 24.3 Å². The molecular weight excluding hydrogens is 695 g/mol. The number of benzene rings is 3. The van der Waals surface area contributed by atoms with Gasteiger partial charge in [-0.25, -0.2) is 14.1 Å². The molecule has 53 heavy (non-hydrogen) atoms. The second kappa shape index (κ2) is 20.0. The van der Waals surface area contributed by atoms with Crippen molar-refractivity contribution in [2.24, 2.45) is 0 Å². The van der Waals surface area contributed by atoms with E-state index in [0.717, 1.165) is 5.56 Å². The number of rotatable bonds is 20. The van der Waals surface area contributed by atoms with Gasteiger partial charge in [-0.3, -0.25) is 30.4 Å². The number of aliphatic hydroxyl groups is 2. The number of carbonyl (C=O) groups excluding carboxylic acids is 2. The number of nitrogens with zero attached hydrogens (tertiary/aromatic N) is 3. The molecule has 0 aliphatic heterocycles. The first-order valence-corrected chi connectivity index (χ1v) is 16.9. The Hall–Kier alpha value is -4.59. The summed E-state index contributed by atoms with van der Waals surface area (Å²) in [7, 11) is 0. The van der Waals surface area contributed by atoms with Gasteiger partial charge in [0.25, 0.3) is 5.91 Å². The van der Waals surface area contributed by atoms with E-state index in [1.165, 1.54) is 12.1 Å². The molecule has 1 aromatic heterocycles. The maximum absolute atomic E-state index is 14.2. The van der Waals surface area contributed by atoms with Crippen LogP contribution in [0.4, 0.5) is 10.1 Å². The molecule has 1 heterocycles.